The maximum Gasteiger partial charge on any atom is 0.248 e. The van der Waals surface area contributed by atoms with Gasteiger partial charge in [0.25, 0.3) is 0 Å². The van der Waals surface area contributed by atoms with Crippen LogP contribution in [-0.4, -0.2) is 5.92 Å². The molecule has 44 valence electrons. The summed E-state index contributed by atoms with van der Waals surface area (Å²) in [5.41, 5.74) is 0. The van der Waals surface area contributed by atoms with Crippen molar-refractivity contribution in [3.05, 3.63) is 0 Å². The lowest BCUT2D eigenvalue weighted by atomic mass is 9.95. The second-order valence-corrected chi connectivity index (χ2v) is 1.71. The van der Waals surface area contributed by atoms with Crippen LogP contribution in [0.3, 0.4) is 0 Å². The number of rotatable bonds is 0. The van der Waals surface area contributed by atoms with E-state index >= 15 is 0 Å². The molecule has 1 rings (SSSR count). The Kier molecular flexibility index (Phi) is 1.99. The second-order valence-electron chi connectivity index (χ2n) is 1.71. The van der Waals surface area contributed by atoms with Crippen molar-refractivity contribution in [2.75, 3.05) is 0 Å². The van der Waals surface area contributed by atoms with E-state index in [4.69, 9.17) is 0 Å². The molecule has 0 spiro atoms. The summed E-state index contributed by atoms with van der Waals surface area (Å²) in [6.45, 7) is 0. The van der Waals surface area contributed by atoms with Gasteiger partial charge in [0, 0.05) is 12.8 Å². The summed E-state index contributed by atoms with van der Waals surface area (Å²) in [6.07, 6.45) is 0.951. The molecule has 0 nitrogen and oxygen atoms in total. The third kappa shape index (κ3) is 1.59. The van der Waals surface area contributed by atoms with Gasteiger partial charge in [0.15, 0.2) is 0 Å². The molecule has 0 aliphatic heterocycles. The minimum atomic E-state index is -2.28. The third-order valence-corrected chi connectivity index (χ3v) is 1.09. The molecule has 1 fully saturated rings. The molecule has 1 saturated carbocycles. The Morgan fingerprint density at radius 3 is 1.43 bits per heavy atom. The van der Waals surface area contributed by atoms with Gasteiger partial charge in [0.05, 0.1) is 0 Å². The quantitative estimate of drug-likeness (QED) is 0.469. The van der Waals surface area contributed by atoms with Gasteiger partial charge in [-0.3, -0.25) is 0 Å². The molecular formula is C4H7ClF2. The molecule has 0 amide bonds. The molecule has 0 aromatic carbocycles. The summed E-state index contributed by atoms with van der Waals surface area (Å²) in [4.78, 5) is 0. The van der Waals surface area contributed by atoms with Crippen LogP contribution in [0.2, 0.25) is 0 Å². The Morgan fingerprint density at radius 2 is 1.43 bits per heavy atom. The van der Waals surface area contributed by atoms with Gasteiger partial charge in [-0.15, -0.1) is 12.4 Å². The lowest BCUT2D eigenvalue weighted by Gasteiger charge is -2.23. The molecule has 0 radical (unpaired) electrons. The zero-order chi connectivity index (χ0) is 4.62. The second kappa shape index (κ2) is 1.95. The van der Waals surface area contributed by atoms with E-state index in [9.17, 15) is 8.78 Å². The maximum absolute atomic E-state index is 11.5. The zero-order valence-corrected chi connectivity index (χ0v) is 4.60. The fourth-order valence-corrected chi connectivity index (χ4v) is 0.444. The highest BCUT2D eigenvalue weighted by Gasteiger charge is 2.36. The van der Waals surface area contributed by atoms with Gasteiger partial charge in [0.1, 0.15) is 0 Å². The molecule has 3 heteroatoms. The van der Waals surface area contributed by atoms with Crippen molar-refractivity contribution in [2.45, 2.75) is 25.2 Å². The Balaban J connectivity index is 0.000000360. The van der Waals surface area contributed by atoms with Crippen LogP contribution in [0.4, 0.5) is 8.78 Å². The molecule has 0 bridgehead atoms. The summed E-state index contributed by atoms with van der Waals surface area (Å²) in [5, 5.41) is 0. The van der Waals surface area contributed by atoms with E-state index in [2.05, 4.69) is 0 Å². The highest BCUT2D eigenvalue weighted by molar-refractivity contribution is 5.85. The molecule has 1 aliphatic carbocycles. The molecule has 7 heavy (non-hydrogen) atoms. The first-order valence-corrected chi connectivity index (χ1v) is 2.09. The lowest BCUT2D eigenvalue weighted by molar-refractivity contribution is -0.0716. The standard InChI is InChI=1S/C4H6F2.ClH/c5-4(6)2-1-3-4;/h1-3H2;1H. The molecule has 1 aliphatic rings. The van der Waals surface area contributed by atoms with Crippen molar-refractivity contribution in [1.29, 1.82) is 0 Å². The number of hydrogen-bond acceptors (Lipinski definition) is 0. The van der Waals surface area contributed by atoms with Gasteiger partial charge < -0.3 is 0 Å². The first-order chi connectivity index (χ1) is 2.71. The SMILES string of the molecule is Cl.FC1(F)CCC1. The largest absolute Gasteiger partial charge is 0.248 e. The zero-order valence-electron chi connectivity index (χ0n) is 3.79. The summed E-state index contributed by atoms with van der Waals surface area (Å²) in [6, 6.07) is 0. The van der Waals surface area contributed by atoms with Crippen LogP contribution in [0.1, 0.15) is 19.3 Å². The minimum absolute atomic E-state index is 0. The molecule has 0 N–H and O–H groups in total. The average Bonchev–Trinajstić information content (AvgIpc) is 1.32. The summed E-state index contributed by atoms with van der Waals surface area (Å²) >= 11 is 0. The minimum Gasteiger partial charge on any atom is -0.207 e. The van der Waals surface area contributed by atoms with Crippen molar-refractivity contribution in [1.82, 2.24) is 0 Å². The molecule has 0 aromatic heterocycles. The van der Waals surface area contributed by atoms with Crippen LogP contribution in [0.15, 0.2) is 0 Å². The number of alkyl halides is 2. The predicted octanol–water partition coefficient (Wildman–Crippen LogP) is 2.23. The first-order valence-electron chi connectivity index (χ1n) is 2.09. The van der Waals surface area contributed by atoms with Gasteiger partial charge in [-0.25, -0.2) is 8.78 Å². The van der Waals surface area contributed by atoms with Crippen LogP contribution in [0.25, 0.3) is 0 Å². The van der Waals surface area contributed by atoms with E-state index < -0.39 is 5.92 Å². The molecule has 0 heterocycles. The van der Waals surface area contributed by atoms with Gasteiger partial charge in [-0.2, -0.15) is 0 Å². The average molecular weight is 129 g/mol. The molecule has 0 saturated heterocycles. The van der Waals surface area contributed by atoms with Crippen LogP contribution in [0, 0.1) is 0 Å². The Bertz CT molecular complexity index is 56.7. The van der Waals surface area contributed by atoms with Crippen molar-refractivity contribution in [2.24, 2.45) is 0 Å². The van der Waals surface area contributed by atoms with E-state index in [0.717, 1.165) is 0 Å². The van der Waals surface area contributed by atoms with Crippen molar-refractivity contribution in [3.63, 3.8) is 0 Å². The summed E-state index contributed by atoms with van der Waals surface area (Å²) in [7, 11) is 0. The maximum atomic E-state index is 11.5. The topological polar surface area (TPSA) is 0 Å². The van der Waals surface area contributed by atoms with E-state index in [1.165, 1.54) is 0 Å². The van der Waals surface area contributed by atoms with E-state index in [0.29, 0.717) is 6.42 Å². The van der Waals surface area contributed by atoms with Crippen molar-refractivity contribution >= 4 is 12.4 Å². The fraction of sp³-hybridized carbons (Fsp3) is 1.00. The Hall–Kier alpha value is 0.150. The summed E-state index contributed by atoms with van der Waals surface area (Å²) < 4.78 is 23.1. The predicted molar refractivity (Wildman–Crippen MR) is 26.0 cm³/mol. The van der Waals surface area contributed by atoms with Crippen molar-refractivity contribution < 1.29 is 8.78 Å². The van der Waals surface area contributed by atoms with E-state index in [-0.39, 0.29) is 25.2 Å². The molecule has 0 atom stereocenters. The van der Waals surface area contributed by atoms with Gasteiger partial charge in [0.2, 0.25) is 5.92 Å². The smallest absolute Gasteiger partial charge is 0.207 e. The van der Waals surface area contributed by atoms with Gasteiger partial charge in [-0.05, 0) is 6.42 Å². The van der Waals surface area contributed by atoms with Crippen LogP contribution in [0.5, 0.6) is 0 Å². The highest BCUT2D eigenvalue weighted by Crippen LogP contribution is 2.36. The highest BCUT2D eigenvalue weighted by atomic mass is 35.5. The van der Waals surface area contributed by atoms with Gasteiger partial charge >= 0.3 is 0 Å². The van der Waals surface area contributed by atoms with Gasteiger partial charge in [-0.1, -0.05) is 0 Å². The number of halogens is 3. The Labute approximate surface area is 47.3 Å². The molecule has 0 aromatic rings. The molecular weight excluding hydrogens is 121 g/mol. The van der Waals surface area contributed by atoms with E-state index in [1.54, 1.807) is 0 Å². The monoisotopic (exact) mass is 128 g/mol. The summed E-state index contributed by atoms with van der Waals surface area (Å²) in [5.74, 6) is -2.28. The van der Waals surface area contributed by atoms with Crippen LogP contribution >= 0.6 is 12.4 Å². The van der Waals surface area contributed by atoms with E-state index in [1.807, 2.05) is 0 Å². The van der Waals surface area contributed by atoms with Crippen molar-refractivity contribution in [3.8, 4) is 0 Å². The first kappa shape index (κ1) is 7.15. The van der Waals surface area contributed by atoms with Crippen LogP contribution in [-0.2, 0) is 0 Å². The third-order valence-electron chi connectivity index (χ3n) is 1.09. The van der Waals surface area contributed by atoms with Crippen LogP contribution < -0.4 is 0 Å². The normalized spacial score (nSPS) is 24.9. The molecule has 0 unspecified atom stereocenters. The Morgan fingerprint density at radius 1 is 1.14 bits per heavy atom. The fourth-order valence-electron chi connectivity index (χ4n) is 0.444. The lowest BCUT2D eigenvalue weighted by Crippen LogP contribution is -2.24. The number of hydrogen-bond donors (Lipinski definition) is 0.